The van der Waals surface area contributed by atoms with Crippen LogP contribution in [0.5, 0.6) is 5.75 Å². The van der Waals surface area contributed by atoms with Gasteiger partial charge in [-0.15, -0.1) is 0 Å². The number of imide groups is 1. The lowest BCUT2D eigenvalue weighted by atomic mass is 10.1. The maximum Gasteiger partial charge on any atom is 0.417 e. The van der Waals surface area contributed by atoms with E-state index < -0.39 is 12.2 Å². The van der Waals surface area contributed by atoms with E-state index in [0.29, 0.717) is 31.0 Å². The van der Waals surface area contributed by atoms with Gasteiger partial charge in [-0.25, -0.2) is 14.7 Å². The zero-order valence-corrected chi connectivity index (χ0v) is 20.7. The molecular formula is C30H27N3O5. The van der Waals surface area contributed by atoms with E-state index in [-0.39, 0.29) is 12.5 Å². The summed E-state index contributed by atoms with van der Waals surface area (Å²) in [5.41, 5.74) is 3.72. The first-order valence-electron chi connectivity index (χ1n) is 12.4. The maximum atomic E-state index is 12.6. The van der Waals surface area contributed by atoms with Crippen molar-refractivity contribution in [2.45, 2.75) is 38.5 Å². The molecule has 0 spiro atoms. The standard InChI is InChI=1S/C30H27N3O5/c34-29-27(38-30(35)33(29)19-24-15-17-31-18-16-24)8-4-7-23-9-12-26(13-10-23)36-20-25-21-37-28(32-25)14-11-22-5-2-1-3-6-22/h1-3,5-6,9-18,21,27H,4,7-8,19-20H2/b14-11+. The molecule has 1 aliphatic rings. The van der Waals surface area contributed by atoms with E-state index in [1.165, 1.54) is 0 Å². The summed E-state index contributed by atoms with van der Waals surface area (Å²) in [5, 5.41) is 0. The Bertz CT molecular complexity index is 1380. The number of nitrogens with zero attached hydrogens (tertiary/aromatic N) is 3. The van der Waals surface area contributed by atoms with Crippen LogP contribution in [0.25, 0.3) is 12.2 Å². The molecule has 4 aromatic rings. The molecule has 8 heteroatoms. The highest BCUT2D eigenvalue weighted by Gasteiger charge is 2.39. The minimum atomic E-state index is -0.734. The molecule has 1 atom stereocenters. The minimum Gasteiger partial charge on any atom is -0.487 e. The van der Waals surface area contributed by atoms with Gasteiger partial charge in [-0.2, -0.15) is 0 Å². The van der Waals surface area contributed by atoms with E-state index >= 15 is 0 Å². The van der Waals surface area contributed by atoms with E-state index in [0.717, 1.165) is 33.8 Å². The SMILES string of the molecule is O=C1OC(CCCc2ccc(OCc3coc(/C=C/c4ccccc4)n3)cc2)C(=O)N1Cc1ccncc1. The zero-order chi connectivity index (χ0) is 26.2. The Labute approximate surface area is 220 Å². The van der Waals surface area contributed by atoms with Gasteiger partial charge < -0.3 is 13.9 Å². The van der Waals surface area contributed by atoms with Crippen LogP contribution in [-0.2, 0) is 29.1 Å². The van der Waals surface area contributed by atoms with Crippen molar-refractivity contribution in [3.05, 3.63) is 114 Å². The number of rotatable bonds is 11. The van der Waals surface area contributed by atoms with E-state index in [1.54, 1.807) is 30.8 Å². The number of benzene rings is 2. The van der Waals surface area contributed by atoms with Crippen LogP contribution in [0.4, 0.5) is 4.79 Å². The number of amides is 2. The van der Waals surface area contributed by atoms with Crippen LogP contribution in [0, 0.1) is 0 Å². The average molecular weight is 510 g/mol. The first kappa shape index (κ1) is 25.0. The molecule has 8 nitrogen and oxygen atoms in total. The van der Waals surface area contributed by atoms with Crippen molar-refractivity contribution in [2.24, 2.45) is 0 Å². The summed E-state index contributed by atoms with van der Waals surface area (Å²) in [4.78, 5) is 34.3. The Morgan fingerprint density at radius 2 is 1.71 bits per heavy atom. The molecule has 1 aliphatic heterocycles. The fourth-order valence-corrected chi connectivity index (χ4v) is 4.09. The molecule has 0 saturated carbocycles. The van der Waals surface area contributed by atoms with Crippen molar-refractivity contribution in [3.8, 4) is 5.75 Å². The van der Waals surface area contributed by atoms with Gasteiger partial charge in [-0.1, -0.05) is 42.5 Å². The predicted molar refractivity (Wildman–Crippen MR) is 141 cm³/mol. The van der Waals surface area contributed by atoms with Crippen molar-refractivity contribution in [1.29, 1.82) is 0 Å². The molecule has 0 bridgehead atoms. The second-order valence-corrected chi connectivity index (χ2v) is 8.90. The van der Waals surface area contributed by atoms with Gasteiger partial charge in [0.2, 0.25) is 5.89 Å². The summed E-state index contributed by atoms with van der Waals surface area (Å²) in [6.45, 7) is 0.491. The lowest BCUT2D eigenvalue weighted by Gasteiger charge is -2.11. The van der Waals surface area contributed by atoms with Crippen molar-refractivity contribution in [3.63, 3.8) is 0 Å². The van der Waals surface area contributed by atoms with Crippen molar-refractivity contribution in [1.82, 2.24) is 14.9 Å². The van der Waals surface area contributed by atoms with Gasteiger partial charge in [0.15, 0.2) is 6.10 Å². The highest BCUT2D eigenvalue weighted by atomic mass is 16.6. The minimum absolute atomic E-state index is 0.193. The second kappa shape index (κ2) is 12.0. The van der Waals surface area contributed by atoms with E-state index in [1.807, 2.05) is 66.7 Å². The highest BCUT2D eigenvalue weighted by molar-refractivity contribution is 5.99. The number of ether oxygens (including phenoxy) is 2. The van der Waals surface area contributed by atoms with Gasteiger partial charge in [-0.05, 0) is 66.3 Å². The van der Waals surface area contributed by atoms with Gasteiger partial charge in [0.25, 0.3) is 5.91 Å². The molecule has 0 N–H and O–H groups in total. The molecule has 1 unspecified atom stereocenters. The van der Waals surface area contributed by atoms with Crippen LogP contribution < -0.4 is 4.74 Å². The number of pyridine rings is 1. The van der Waals surface area contributed by atoms with E-state index in [4.69, 9.17) is 13.9 Å². The maximum absolute atomic E-state index is 12.6. The number of aromatic nitrogens is 2. The average Bonchev–Trinajstić information content (AvgIpc) is 3.52. The lowest BCUT2D eigenvalue weighted by molar-refractivity contribution is -0.130. The van der Waals surface area contributed by atoms with Crippen molar-refractivity contribution >= 4 is 24.2 Å². The number of carbonyl (C=O) groups excluding carboxylic acids is 2. The van der Waals surface area contributed by atoms with Crippen LogP contribution >= 0.6 is 0 Å². The zero-order valence-electron chi connectivity index (χ0n) is 20.7. The van der Waals surface area contributed by atoms with Gasteiger partial charge in [-0.3, -0.25) is 9.78 Å². The third kappa shape index (κ3) is 6.53. The molecule has 2 aromatic carbocycles. The van der Waals surface area contributed by atoms with Crippen LogP contribution in [0.2, 0.25) is 0 Å². The van der Waals surface area contributed by atoms with E-state index in [2.05, 4.69) is 9.97 Å². The largest absolute Gasteiger partial charge is 0.487 e. The molecule has 2 aromatic heterocycles. The smallest absolute Gasteiger partial charge is 0.417 e. The third-order valence-corrected chi connectivity index (χ3v) is 6.12. The summed E-state index contributed by atoms with van der Waals surface area (Å²) < 4.78 is 16.6. The Balaban J connectivity index is 1.05. The van der Waals surface area contributed by atoms with Crippen LogP contribution in [0.15, 0.2) is 89.8 Å². The summed E-state index contributed by atoms with van der Waals surface area (Å²) >= 11 is 0. The van der Waals surface area contributed by atoms with Crippen LogP contribution in [0.3, 0.4) is 0 Å². The molecule has 5 rings (SSSR count). The van der Waals surface area contributed by atoms with Crippen molar-refractivity contribution < 1.29 is 23.5 Å². The molecule has 2 amide bonds. The summed E-state index contributed by atoms with van der Waals surface area (Å²) in [5.74, 6) is 0.960. The van der Waals surface area contributed by atoms with Gasteiger partial charge >= 0.3 is 6.09 Å². The molecule has 1 saturated heterocycles. The Kier molecular flexibility index (Phi) is 7.89. The monoisotopic (exact) mass is 509 g/mol. The molecule has 0 radical (unpaired) electrons. The van der Waals surface area contributed by atoms with Crippen LogP contribution in [0.1, 0.15) is 41.1 Å². The fraction of sp³-hybridized carbons (Fsp3) is 0.200. The number of oxazole rings is 1. The van der Waals surface area contributed by atoms with Gasteiger partial charge in [0.05, 0.1) is 6.54 Å². The number of hydrogen-bond donors (Lipinski definition) is 0. The number of aryl methyl sites for hydroxylation is 1. The molecule has 0 aliphatic carbocycles. The molecule has 1 fully saturated rings. The van der Waals surface area contributed by atoms with Crippen LogP contribution in [-0.4, -0.2) is 33.0 Å². The number of cyclic esters (lactones) is 1. The lowest BCUT2D eigenvalue weighted by Crippen LogP contribution is -2.31. The normalized spacial score (nSPS) is 15.3. The summed E-state index contributed by atoms with van der Waals surface area (Å²) in [6.07, 6.45) is 9.24. The Hall–Kier alpha value is -4.72. The van der Waals surface area contributed by atoms with Gasteiger partial charge in [0, 0.05) is 18.5 Å². The van der Waals surface area contributed by atoms with Crippen molar-refractivity contribution in [2.75, 3.05) is 0 Å². The predicted octanol–water partition coefficient (Wildman–Crippen LogP) is 5.69. The quantitative estimate of drug-likeness (QED) is 0.256. The second-order valence-electron chi connectivity index (χ2n) is 8.90. The van der Waals surface area contributed by atoms with Gasteiger partial charge in [0.1, 0.15) is 24.3 Å². The first-order chi connectivity index (χ1) is 18.6. The molecule has 38 heavy (non-hydrogen) atoms. The number of hydrogen-bond acceptors (Lipinski definition) is 7. The first-order valence-corrected chi connectivity index (χ1v) is 12.4. The van der Waals surface area contributed by atoms with E-state index in [9.17, 15) is 9.59 Å². The molecule has 3 heterocycles. The topological polar surface area (TPSA) is 94.8 Å². The molecular weight excluding hydrogens is 482 g/mol. The summed E-state index contributed by atoms with van der Waals surface area (Å²) in [7, 11) is 0. The summed E-state index contributed by atoms with van der Waals surface area (Å²) in [6, 6.07) is 21.3. The third-order valence-electron chi connectivity index (χ3n) is 6.12. The molecule has 192 valence electrons. The fourth-order valence-electron chi connectivity index (χ4n) is 4.09. The highest BCUT2D eigenvalue weighted by Crippen LogP contribution is 2.22. The number of carbonyl (C=O) groups is 2. The Morgan fingerprint density at radius 3 is 2.50 bits per heavy atom. The Morgan fingerprint density at radius 1 is 0.921 bits per heavy atom.